The van der Waals surface area contributed by atoms with Crippen molar-refractivity contribution in [2.24, 2.45) is 0 Å². The molecule has 0 fully saturated rings. The van der Waals surface area contributed by atoms with Crippen molar-refractivity contribution < 1.29 is 4.58 Å². The number of aryl methyl sites for hydroxylation is 1. The summed E-state index contributed by atoms with van der Waals surface area (Å²) in [5.74, 6) is 0. The van der Waals surface area contributed by atoms with Crippen LogP contribution in [0.15, 0.2) is 18.2 Å². The van der Waals surface area contributed by atoms with E-state index >= 15 is 0 Å². The molecule has 0 aromatic heterocycles. The first kappa shape index (κ1) is 7.53. The zero-order valence-corrected chi connectivity index (χ0v) is 7.51. The second-order valence-electron chi connectivity index (χ2n) is 3.57. The van der Waals surface area contributed by atoms with E-state index in [0.29, 0.717) is 0 Å². The van der Waals surface area contributed by atoms with Crippen molar-refractivity contribution in [1.82, 2.24) is 0 Å². The van der Waals surface area contributed by atoms with E-state index in [0.717, 1.165) is 19.5 Å². The lowest BCUT2D eigenvalue weighted by molar-refractivity contribution is -0.539. The van der Waals surface area contributed by atoms with Crippen LogP contribution in [0.3, 0.4) is 0 Å². The summed E-state index contributed by atoms with van der Waals surface area (Å²) >= 11 is 0. The lowest BCUT2D eigenvalue weighted by Crippen LogP contribution is -2.20. The molecule has 0 N–H and O–H groups in total. The molecule has 0 bridgehead atoms. The molecule has 0 amide bonds. The van der Waals surface area contributed by atoms with Crippen LogP contribution in [0.2, 0.25) is 0 Å². The second kappa shape index (κ2) is 2.74. The van der Waals surface area contributed by atoms with Crippen molar-refractivity contribution in [3.05, 3.63) is 34.9 Å². The predicted octanol–water partition coefficient (Wildman–Crippen LogP) is 1.76. The van der Waals surface area contributed by atoms with E-state index in [2.05, 4.69) is 36.4 Å². The van der Waals surface area contributed by atoms with Crippen LogP contribution in [0.1, 0.15) is 16.7 Å². The number of benzene rings is 1. The Hall–Kier alpha value is -1.11. The smallest absolute Gasteiger partial charge is 0.167 e. The molecular formula is C11H14N+. The number of hydrogen-bond donors (Lipinski definition) is 0. The van der Waals surface area contributed by atoms with Crippen molar-refractivity contribution in [3.63, 3.8) is 0 Å². The fourth-order valence-electron chi connectivity index (χ4n) is 1.74. The van der Waals surface area contributed by atoms with Gasteiger partial charge in [0.2, 0.25) is 0 Å². The Morgan fingerprint density at radius 3 is 3.00 bits per heavy atom. The van der Waals surface area contributed by atoms with Crippen molar-refractivity contribution >= 4 is 6.72 Å². The highest BCUT2D eigenvalue weighted by atomic mass is 15.0. The average molecular weight is 160 g/mol. The van der Waals surface area contributed by atoms with E-state index in [1.165, 1.54) is 16.7 Å². The monoisotopic (exact) mass is 160 g/mol. The second-order valence-corrected chi connectivity index (χ2v) is 3.57. The van der Waals surface area contributed by atoms with Crippen LogP contribution in [0.4, 0.5) is 0 Å². The van der Waals surface area contributed by atoms with Gasteiger partial charge in [0.25, 0.3) is 0 Å². The lowest BCUT2D eigenvalue weighted by Gasteiger charge is -2.14. The minimum absolute atomic E-state index is 1.01. The van der Waals surface area contributed by atoms with Gasteiger partial charge in [-0.15, -0.1) is 0 Å². The molecule has 1 heteroatoms. The van der Waals surface area contributed by atoms with Gasteiger partial charge in [0, 0.05) is 12.0 Å². The van der Waals surface area contributed by atoms with Gasteiger partial charge in [-0.1, -0.05) is 17.7 Å². The average Bonchev–Trinajstić information content (AvgIpc) is 2.03. The lowest BCUT2D eigenvalue weighted by atomic mass is 9.99. The summed E-state index contributed by atoms with van der Waals surface area (Å²) in [7, 11) is 0. The van der Waals surface area contributed by atoms with Crippen LogP contribution >= 0.6 is 0 Å². The molecule has 1 aliphatic heterocycles. The van der Waals surface area contributed by atoms with Crippen LogP contribution in [-0.2, 0) is 13.0 Å². The Morgan fingerprint density at radius 2 is 2.17 bits per heavy atom. The zero-order chi connectivity index (χ0) is 8.55. The van der Waals surface area contributed by atoms with Gasteiger partial charge in [-0.2, -0.15) is 0 Å². The fourth-order valence-corrected chi connectivity index (χ4v) is 1.74. The fraction of sp³-hybridized carbons (Fsp3) is 0.364. The Morgan fingerprint density at radius 1 is 1.33 bits per heavy atom. The molecule has 0 spiro atoms. The molecule has 0 radical (unpaired) electrons. The predicted molar refractivity (Wildman–Crippen MR) is 50.8 cm³/mol. The number of fused-ring (bicyclic) bond motifs is 1. The Labute approximate surface area is 73.4 Å². The number of nitrogens with zero attached hydrogens (tertiary/aromatic N) is 1. The third-order valence-corrected chi connectivity index (χ3v) is 2.45. The van der Waals surface area contributed by atoms with Crippen molar-refractivity contribution in [2.75, 3.05) is 6.54 Å². The van der Waals surface area contributed by atoms with Crippen LogP contribution in [-0.4, -0.2) is 17.8 Å². The Balaban J connectivity index is 2.44. The molecule has 1 aromatic carbocycles. The molecular weight excluding hydrogens is 146 g/mol. The molecule has 1 heterocycles. The SMILES string of the molecule is C=[N+]1CCc2ccc(C)cc2C1. The summed E-state index contributed by atoms with van der Waals surface area (Å²) in [6, 6.07) is 6.71. The maximum absolute atomic E-state index is 3.96. The first-order valence-electron chi connectivity index (χ1n) is 4.39. The highest BCUT2D eigenvalue weighted by Crippen LogP contribution is 2.17. The number of rotatable bonds is 0. The minimum atomic E-state index is 1.01. The normalized spacial score (nSPS) is 15.9. The molecule has 0 unspecified atom stereocenters. The van der Waals surface area contributed by atoms with Crippen molar-refractivity contribution in [3.8, 4) is 0 Å². The van der Waals surface area contributed by atoms with E-state index in [9.17, 15) is 0 Å². The molecule has 62 valence electrons. The topological polar surface area (TPSA) is 3.01 Å². The first-order valence-corrected chi connectivity index (χ1v) is 4.39. The van der Waals surface area contributed by atoms with E-state index < -0.39 is 0 Å². The highest BCUT2D eigenvalue weighted by Gasteiger charge is 2.15. The molecule has 1 aromatic rings. The summed E-state index contributed by atoms with van der Waals surface area (Å²) in [6.45, 7) is 8.20. The van der Waals surface area contributed by atoms with Gasteiger partial charge in [0.15, 0.2) is 6.54 Å². The summed E-state index contributed by atoms with van der Waals surface area (Å²) in [5.41, 5.74) is 4.31. The third-order valence-electron chi connectivity index (χ3n) is 2.45. The highest BCUT2D eigenvalue weighted by molar-refractivity contribution is 5.32. The largest absolute Gasteiger partial charge is 0.238 e. The van der Waals surface area contributed by atoms with Gasteiger partial charge in [0.05, 0.1) is 0 Å². The zero-order valence-electron chi connectivity index (χ0n) is 7.51. The Bertz CT molecular complexity index is 326. The maximum atomic E-state index is 3.96. The van der Waals surface area contributed by atoms with Crippen LogP contribution in [0, 0.1) is 6.92 Å². The van der Waals surface area contributed by atoms with Crippen LogP contribution in [0.25, 0.3) is 0 Å². The van der Waals surface area contributed by atoms with E-state index in [1.807, 2.05) is 0 Å². The van der Waals surface area contributed by atoms with Gasteiger partial charge in [0.1, 0.15) is 13.3 Å². The van der Waals surface area contributed by atoms with Crippen molar-refractivity contribution in [2.45, 2.75) is 19.9 Å². The van der Waals surface area contributed by atoms with Gasteiger partial charge >= 0.3 is 0 Å². The quantitative estimate of drug-likeness (QED) is 0.509. The first-order chi connectivity index (χ1) is 5.75. The van der Waals surface area contributed by atoms with Gasteiger partial charge in [-0.05, 0) is 18.6 Å². The molecule has 12 heavy (non-hydrogen) atoms. The maximum Gasteiger partial charge on any atom is 0.167 e. The minimum Gasteiger partial charge on any atom is -0.238 e. The van der Waals surface area contributed by atoms with Crippen LogP contribution in [0.5, 0.6) is 0 Å². The number of hydrogen-bond acceptors (Lipinski definition) is 0. The van der Waals surface area contributed by atoms with Gasteiger partial charge in [-0.3, -0.25) is 0 Å². The summed E-state index contributed by atoms with van der Waals surface area (Å²) in [4.78, 5) is 0. The van der Waals surface area contributed by atoms with E-state index in [1.54, 1.807) is 0 Å². The van der Waals surface area contributed by atoms with Crippen LogP contribution < -0.4 is 0 Å². The Kier molecular flexibility index (Phi) is 1.72. The summed E-state index contributed by atoms with van der Waals surface area (Å²) < 4.78 is 2.13. The molecule has 0 atom stereocenters. The standard InChI is InChI=1S/C11H14N/c1-9-3-4-10-5-6-12(2)8-11(10)7-9/h3-4,7H,2,5-6,8H2,1H3/q+1. The van der Waals surface area contributed by atoms with Gasteiger partial charge < -0.3 is 0 Å². The third kappa shape index (κ3) is 1.27. The molecule has 2 rings (SSSR count). The molecule has 0 saturated carbocycles. The van der Waals surface area contributed by atoms with Gasteiger partial charge in [-0.25, -0.2) is 4.58 Å². The van der Waals surface area contributed by atoms with E-state index in [4.69, 9.17) is 0 Å². The van der Waals surface area contributed by atoms with Crippen molar-refractivity contribution in [1.29, 1.82) is 0 Å². The molecule has 0 aliphatic carbocycles. The molecule has 1 nitrogen and oxygen atoms in total. The molecule has 1 aliphatic rings. The molecule has 0 saturated heterocycles. The summed E-state index contributed by atoms with van der Waals surface area (Å²) in [6.07, 6.45) is 1.15. The summed E-state index contributed by atoms with van der Waals surface area (Å²) in [5, 5.41) is 0. The van der Waals surface area contributed by atoms with E-state index in [-0.39, 0.29) is 0 Å².